The van der Waals surface area contributed by atoms with E-state index in [1.807, 2.05) is 13.8 Å². The van der Waals surface area contributed by atoms with Gasteiger partial charge in [-0.3, -0.25) is 9.59 Å². The Hall–Kier alpha value is -6.68. The van der Waals surface area contributed by atoms with Crippen molar-refractivity contribution in [2.45, 2.75) is 105 Å². The lowest BCUT2D eigenvalue weighted by atomic mass is 9.88. The molecule has 0 heterocycles. The summed E-state index contributed by atoms with van der Waals surface area (Å²) < 4.78 is 41.0. The largest absolute Gasteiger partial charge is 0.507 e. The van der Waals surface area contributed by atoms with Gasteiger partial charge in [0, 0.05) is 70.4 Å². The Kier molecular flexibility index (Phi) is 15.8. The van der Waals surface area contributed by atoms with Crippen LogP contribution in [0.5, 0.6) is 23.0 Å². The minimum absolute atomic E-state index is 0.0928. The van der Waals surface area contributed by atoms with Gasteiger partial charge in [0.15, 0.2) is 0 Å². The summed E-state index contributed by atoms with van der Waals surface area (Å²) in [6.07, 6.45) is 7.86. The molecule has 0 aliphatic heterocycles. The van der Waals surface area contributed by atoms with Crippen LogP contribution in [-0.2, 0) is 38.5 Å². The number of benzene rings is 6. The van der Waals surface area contributed by atoms with Gasteiger partial charge in [-0.2, -0.15) is 0 Å². The first-order chi connectivity index (χ1) is 32.0. The van der Waals surface area contributed by atoms with Crippen molar-refractivity contribution in [3.8, 4) is 23.0 Å². The molecule has 2 amide bonds. The number of nitrogens with one attached hydrogen (secondary N) is 2. The Labute approximate surface area is 387 Å². The summed E-state index contributed by atoms with van der Waals surface area (Å²) >= 11 is 0. The molecular formula is C56H60F2N2O6. The molecule has 0 atom stereocenters. The van der Waals surface area contributed by atoms with E-state index in [4.69, 9.17) is 9.47 Å². The number of halogens is 2. The fraction of sp³-hybridized carbons (Fsp3) is 0.321. The van der Waals surface area contributed by atoms with Crippen LogP contribution in [0.4, 0.5) is 20.2 Å². The molecule has 0 spiro atoms. The van der Waals surface area contributed by atoms with Gasteiger partial charge in [0.05, 0.1) is 13.2 Å². The monoisotopic (exact) mass is 894 g/mol. The minimum Gasteiger partial charge on any atom is -0.507 e. The lowest BCUT2D eigenvalue weighted by Crippen LogP contribution is -2.13. The number of rotatable bonds is 16. The van der Waals surface area contributed by atoms with Crippen LogP contribution in [-0.4, -0.2) is 35.2 Å². The van der Waals surface area contributed by atoms with Crippen molar-refractivity contribution < 1.29 is 38.1 Å². The van der Waals surface area contributed by atoms with Gasteiger partial charge >= 0.3 is 0 Å². The Morgan fingerprint density at radius 1 is 0.485 bits per heavy atom. The van der Waals surface area contributed by atoms with Gasteiger partial charge in [-0.25, -0.2) is 8.78 Å². The number of hydrogen-bond acceptors (Lipinski definition) is 6. The molecular weight excluding hydrogens is 835 g/mol. The van der Waals surface area contributed by atoms with Gasteiger partial charge in [0.1, 0.15) is 34.6 Å². The summed E-state index contributed by atoms with van der Waals surface area (Å²) in [5.41, 5.74) is 9.28. The fourth-order valence-corrected chi connectivity index (χ4v) is 8.64. The topological polar surface area (TPSA) is 117 Å². The number of hydrogen-bond donors (Lipinski definition) is 4. The number of phenolic OH excluding ortho intramolecular Hbond substituents is 2. The van der Waals surface area contributed by atoms with Crippen molar-refractivity contribution in [1.29, 1.82) is 0 Å². The Bertz CT molecular complexity index is 2400. The summed E-state index contributed by atoms with van der Waals surface area (Å²) in [7, 11) is 0. The summed E-state index contributed by atoms with van der Waals surface area (Å²) in [5.74, 6) is -0.269. The third kappa shape index (κ3) is 11.6. The van der Waals surface area contributed by atoms with E-state index in [9.17, 15) is 28.6 Å². The van der Waals surface area contributed by atoms with Gasteiger partial charge < -0.3 is 30.3 Å². The Morgan fingerprint density at radius 2 is 0.803 bits per heavy atom. The summed E-state index contributed by atoms with van der Waals surface area (Å²) in [6, 6.07) is 26.4. The molecule has 7 rings (SSSR count). The fourth-order valence-electron chi connectivity index (χ4n) is 8.64. The number of amides is 2. The Balaban J connectivity index is 1.47. The number of aryl methyl sites for hydroxylation is 2. The lowest BCUT2D eigenvalue weighted by Gasteiger charge is -2.23. The average Bonchev–Trinajstić information content (AvgIpc) is 3.30. The van der Waals surface area contributed by atoms with Crippen LogP contribution in [0.15, 0.2) is 97.1 Å². The molecule has 8 bridgehead atoms. The molecule has 0 saturated heterocycles. The van der Waals surface area contributed by atoms with E-state index in [-0.39, 0.29) is 37.2 Å². The zero-order valence-corrected chi connectivity index (χ0v) is 38.4. The highest BCUT2D eigenvalue weighted by molar-refractivity contribution is 6.05. The van der Waals surface area contributed by atoms with Gasteiger partial charge in [0.25, 0.3) is 11.8 Å². The van der Waals surface area contributed by atoms with Gasteiger partial charge in [-0.15, -0.1) is 0 Å². The highest BCUT2D eigenvalue weighted by Crippen LogP contribution is 2.41. The standard InChI is InChI=1S/C56H60F2N2O6/c1-5-9-11-35-23-43-27-39-31-49(59-55(63)37-13-17-47(57)18-14-37)33-41(51(39)61)29-45-25-36(12-10-6-2)26-46(54(45)66-22-8-4)30-42-34-50(60-56(64)38-15-19-48(58)20-16-38)32-40(52(42)62)28-44(24-35)53(43)65-21-7-3/h13-20,23-26,31-34,61-62H,5-12,21-22,27-30H2,1-4H3,(H,59,63)(H,60,64). The first-order valence-electron chi connectivity index (χ1n) is 23.3. The summed E-state index contributed by atoms with van der Waals surface area (Å²) in [4.78, 5) is 27.3. The maximum Gasteiger partial charge on any atom is 0.255 e. The number of carbonyl (C=O) groups excluding carboxylic acids is 2. The smallest absolute Gasteiger partial charge is 0.255 e. The normalized spacial score (nSPS) is 12.1. The van der Waals surface area contributed by atoms with E-state index in [0.29, 0.717) is 69.5 Å². The highest BCUT2D eigenvalue weighted by atomic mass is 19.1. The maximum absolute atomic E-state index is 13.9. The van der Waals surface area contributed by atoms with Crippen molar-refractivity contribution in [1.82, 2.24) is 0 Å². The maximum atomic E-state index is 13.9. The molecule has 1 aliphatic rings. The molecule has 0 radical (unpaired) electrons. The molecule has 0 saturated carbocycles. The molecule has 4 N–H and O–H groups in total. The van der Waals surface area contributed by atoms with Crippen molar-refractivity contribution in [2.24, 2.45) is 0 Å². The van der Waals surface area contributed by atoms with E-state index < -0.39 is 23.4 Å². The zero-order valence-electron chi connectivity index (χ0n) is 38.4. The van der Waals surface area contributed by atoms with Gasteiger partial charge in [-0.05, 0) is 145 Å². The SMILES string of the molecule is CCCCc1cc2c(OCCC)c(c1)Cc1cc(NC(=O)c3ccc(F)cc3)cc(c1O)Cc1cc(CCCC)cc(c1OCCC)Cc1cc(NC(=O)c3ccc(F)cc3)cc(c1O)C2. The number of ether oxygens (including phenoxy) is 2. The predicted molar refractivity (Wildman–Crippen MR) is 258 cm³/mol. The second kappa shape index (κ2) is 22.0. The van der Waals surface area contributed by atoms with Crippen molar-refractivity contribution >= 4 is 23.2 Å². The van der Waals surface area contributed by atoms with Crippen LogP contribution in [0.1, 0.15) is 143 Å². The number of anilines is 2. The minimum atomic E-state index is -0.444. The molecule has 10 heteroatoms. The van der Waals surface area contributed by atoms with Crippen molar-refractivity contribution in [3.63, 3.8) is 0 Å². The highest BCUT2D eigenvalue weighted by Gasteiger charge is 2.24. The van der Waals surface area contributed by atoms with Crippen LogP contribution in [0.3, 0.4) is 0 Å². The van der Waals surface area contributed by atoms with E-state index in [2.05, 4.69) is 48.7 Å². The van der Waals surface area contributed by atoms with Crippen LogP contribution < -0.4 is 20.1 Å². The molecule has 344 valence electrons. The number of aromatic hydroxyl groups is 2. The van der Waals surface area contributed by atoms with Crippen molar-refractivity contribution in [2.75, 3.05) is 23.8 Å². The molecule has 1 aliphatic carbocycles. The van der Waals surface area contributed by atoms with E-state index >= 15 is 0 Å². The lowest BCUT2D eigenvalue weighted by molar-refractivity contribution is 0.101. The summed E-state index contributed by atoms with van der Waals surface area (Å²) in [6.45, 7) is 9.18. The molecule has 66 heavy (non-hydrogen) atoms. The van der Waals surface area contributed by atoms with Crippen LogP contribution in [0.25, 0.3) is 0 Å². The zero-order chi connectivity index (χ0) is 46.7. The third-order valence-corrected chi connectivity index (χ3v) is 11.9. The second-order valence-corrected chi connectivity index (χ2v) is 17.3. The Morgan fingerprint density at radius 3 is 1.09 bits per heavy atom. The molecule has 8 nitrogen and oxygen atoms in total. The number of unbranched alkanes of at least 4 members (excludes halogenated alkanes) is 2. The third-order valence-electron chi connectivity index (χ3n) is 11.9. The molecule has 6 aromatic carbocycles. The van der Waals surface area contributed by atoms with Gasteiger partial charge in [0.2, 0.25) is 0 Å². The van der Waals surface area contributed by atoms with Gasteiger partial charge in [-0.1, -0.05) is 64.8 Å². The van der Waals surface area contributed by atoms with Crippen LogP contribution >= 0.6 is 0 Å². The average molecular weight is 895 g/mol. The number of fused-ring (bicyclic) bond motifs is 8. The second-order valence-electron chi connectivity index (χ2n) is 17.3. The van der Waals surface area contributed by atoms with E-state index in [0.717, 1.165) is 84.7 Å². The predicted octanol–water partition coefficient (Wildman–Crippen LogP) is 12.8. The van der Waals surface area contributed by atoms with E-state index in [1.165, 1.54) is 48.5 Å². The first kappa shape index (κ1) is 47.3. The van der Waals surface area contributed by atoms with Crippen molar-refractivity contribution in [3.05, 3.63) is 175 Å². The quantitative estimate of drug-likeness (QED) is 0.0718. The van der Waals surface area contributed by atoms with Crippen LogP contribution in [0.2, 0.25) is 0 Å². The number of phenols is 2. The summed E-state index contributed by atoms with van der Waals surface area (Å²) in [5, 5.41) is 30.9. The molecule has 0 fully saturated rings. The molecule has 0 aromatic heterocycles. The molecule has 0 unspecified atom stereocenters. The molecule has 6 aromatic rings. The van der Waals surface area contributed by atoms with Crippen LogP contribution in [0, 0.1) is 11.6 Å². The van der Waals surface area contributed by atoms with E-state index in [1.54, 1.807) is 24.3 Å². The number of carbonyl (C=O) groups is 2. The first-order valence-corrected chi connectivity index (χ1v) is 23.3.